The Labute approximate surface area is 353 Å². The van der Waals surface area contributed by atoms with Crippen molar-refractivity contribution in [3.63, 3.8) is 0 Å². The number of ether oxygens (including phenoxy) is 3. The van der Waals surface area contributed by atoms with E-state index in [2.05, 4.69) is 69.1 Å². The molecule has 5 fully saturated rings. The topological polar surface area (TPSA) is 184 Å². The summed E-state index contributed by atoms with van der Waals surface area (Å²) >= 11 is 0. The number of fused-ring (bicyclic) bond motifs is 4. The van der Waals surface area contributed by atoms with Gasteiger partial charge in [-0.3, -0.25) is 9.59 Å². The van der Waals surface area contributed by atoms with Crippen molar-refractivity contribution in [2.24, 2.45) is 23.7 Å². The lowest BCUT2D eigenvalue weighted by Gasteiger charge is -2.35. The summed E-state index contributed by atoms with van der Waals surface area (Å²) < 4.78 is 15.3. The van der Waals surface area contributed by atoms with E-state index in [0.717, 1.165) is 81.5 Å². The quantitative estimate of drug-likeness (QED) is 0.120. The molecule has 61 heavy (non-hydrogen) atoms. The Morgan fingerprint density at radius 2 is 1.34 bits per heavy atom. The molecule has 0 bridgehead atoms. The molecule has 3 aliphatic heterocycles. The van der Waals surface area contributed by atoms with Crippen molar-refractivity contribution in [3.05, 3.63) is 72.4 Å². The highest BCUT2D eigenvalue weighted by atomic mass is 16.5. The lowest BCUT2D eigenvalue weighted by Crippen LogP contribution is -2.54. The zero-order chi connectivity index (χ0) is 42.1. The minimum atomic E-state index is -0.684. The number of aromatic amines is 2. The number of hydrogen-bond donors (Lipinski definition) is 4. The van der Waals surface area contributed by atoms with Gasteiger partial charge in [0.25, 0.3) is 0 Å². The number of hydrogen-bond acceptors (Lipinski definition) is 9. The summed E-state index contributed by atoms with van der Waals surface area (Å²) in [6.07, 6.45) is 5.65. The van der Waals surface area contributed by atoms with Crippen LogP contribution in [0, 0.1) is 23.7 Å². The largest absolute Gasteiger partial charge is 0.453 e. The normalized spacial score (nSPS) is 25.3. The fraction of sp³-hybridized carbons (Fsp3) is 0.478. The van der Waals surface area contributed by atoms with Crippen molar-refractivity contribution in [3.8, 4) is 22.4 Å². The molecule has 3 saturated heterocycles. The Balaban J connectivity index is 0.858. The first-order valence-corrected chi connectivity index (χ1v) is 21.6. The number of nitrogens with one attached hydrogen (secondary N) is 4. The standard InChI is InChI=1S/C46H52N8O7/c1-23(2)39(51-45(57)59-3)43(55)54-36-19-31(36)21-38(54)42-48-32-10-9-28(17-33(32)49-42)26-5-6-27-16-29(8-7-25(27)15-26)34-22-47-41(50-34)37-20-30-18-35(30)53(37)44(56)40(52-46(58)60-4)24-11-13-61-14-12-24/h5-10,15-17,22-24,30-31,35-40H,11-14,18-21H2,1-4H3,(H,47,50)(H,48,49)(H,51,57)(H,52,58)/t30-,31-,35?,36?,37+,38+,39+,40+/m1/s1. The van der Waals surface area contributed by atoms with Crippen LogP contribution in [-0.4, -0.2) is 105 Å². The van der Waals surface area contributed by atoms with Crippen LogP contribution in [0.5, 0.6) is 0 Å². The lowest BCUT2D eigenvalue weighted by molar-refractivity contribution is -0.138. The van der Waals surface area contributed by atoms with Crippen LogP contribution < -0.4 is 10.6 Å². The third-order valence-corrected chi connectivity index (χ3v) is 13.8. The molecule has 15 heteroatoms. The highest BCUT2D eigenvalue weighted by Gasteiger charge is 2.57. The predicted octanol–water partition coefficient (Wildman–Crippen LogP) is 6.63. The number of aromatic nitrogens is 4. The van der Waals surface area contributed by atoms with Gasteiger partial charge in [0.2, 0.25) is 11.8 Å². The lowest BCUT2D eigenvalue weighted by atomic mass is 9.90. The van der Waals surface area contributed by atoms with E-state index >= 15 is 0 Å². The number of carbonyl (C=O) groups excluding carboxylic acids is 4. The first kappa shape index (κ1) is 39.2. The molecule has 5 heterocycles. The maximum absolute atomic E-state index is 14.3. The number of H-pyrrole nitrogens is 2. The average Bonchev–Trinajstić information content (AvgIpc) is 3.90. The Bertz CT molecular complexity index is 2530. The molecule has 318 valence electrons. The third kappa shape index (κ3) is 7.25. The van der Waals surface area contributed by atoms with Gasteiger partial charge in [-0.15, -0.1) is 0 Å². The minimum Gasteiger partial charge on any atom is -0.453 e. The monoisotopic (exact) mass is 828 g/mol. The smallest absolute Gasteiger partial charge is 0.407 e. The van der Waals surface area contributed by atoms with Gasteiger partial charge in [-0.2, -0.15) is 0 Å². The summed E-state index contributed by atoms with van der Waals surface area (Å²) in [6, 6.07) is 17.6. The van der Waals surface area contributed by atoms with Crippen LogP contribution in [0.1, 0.15) is 76.1 Å². The Kier molecular flexibility index (Phi) is 9.96. The first-order chi connectivity index (χ1) is 29.6. The van der Waals surface area contributed by atoms with Crippen LogP contribution in [0.4, 0.5) is 9.59 Å². The van der Waals surface area contributed by atoms with Gasteiger partial charge in [-0.1, -0.05) is 44.2 Å². The summed E-state index contributed by atoms with van der Waals surface area (Å²) in [7, 11) is 2.63. The van der Waals surface area contributed by atoms with Crippen LogP contribution in [0.3, 0.4) is 0 Å². The molecule has 8 atom stereocenters. The zero-order valence-corrected chi connectivity index (χ0v) is 34.9. The van der Waals surface area contributed by atoms with Gasteiger partial charge in [-0.25, -0.2) is 19.6 Å². The molecular formula is C46H52N8O7. The van der Waals surface area contributed by atoms with Gasteiger partial charge >= 0.3 is 12.2 Å². The summed E-state index contributed by atoms with van der Waals surface area (Å²) in [5, 5.41) is 7.79. The van der Waals surface area contributed by atoms with Gasteiger partial charge in [0.05, 0.1) is 49.2 Å². The highest BCUT2D eigenvalue weighted by molar-refractivity contribution is 5.92. The number of methoxy groups -OCH3 is 2. The maximum Gasteiger partial charge on any atom is 0.407 e. The minimum absolute atomic E-state index is 0.0230. The van der Waals surface area contributed by atoms with E-state index < -0.39 is 24.3 Å². The summed E-state index contributed by atoms with van der Waals surface area (Å²) in [5.41, 5.74) is 5.73. The molecule has 2 aliphatic carbocycles. The number of carbonyl (C=O) groups is 4. The number of nitrogens with zero attached hydrogens (tertiary/aromatic N) is 4. The van der Waals surface area contributed by atoms with Crippen LogP contribution in [0.15, 0.2) is 60.8 Å². The van der Waals surface area contributed by atoms with E-state index in [0.29, 0.717) is 37.9 Å². The van der Waals surface area contributed by atoms with E-state index in [1.807, 2.05) is 35.9 Å². The summed E-state index contributed by atoms with van der Waals surface area (Å²) in [6.45, 7) is 4.98. The second kappa shape index (κ2) is 15.5. The number of imidazole rings is 2. The van der Waals surface area contributed by atoms with Crippen LogP contribution in [0.25, 0.3) is 44.2 Å². The van der Waals surface area contributed by atoms with Gasteiger partial charge in [0, 0.05) is 30.9 Å². The molecule has 15 nitrogen and oxygen atoms in total. The van der Waals surface area contributed by atoms with Crippen molar-refractivity contribution in [1.82, 2.24) is 40.4 Å². The van der Waals surface area contributed by atoms with Crippen LogP contribution in [0.2, 0.25) is 0 Å². The van der Waals surface area contributed by atoms with Crippen LogP contribution >= 0.6 is 0 Å². The fourth-order valence-electron chi connectivity index (χ4n) is 10.3. The number of amides is 4. The number of piperidine rings is 2. The number of rotatable bonds is 10. The van der Waals surface area contributed by atoms with Crippen LogP contribution in [-0.2, 0) is 23.8 Å². The van der Waals surface area contributed by atoms with Crippen molar-refractivity contribution in [1.29, 1.82) is 0 Å². The first-order valence-electron chi connectivity index (χ1n) is 21.6. The van der Waals surface area contributed by atoms with Gasteiger partial charge in [-0.05, 0) is 108 Å². The summed E-state index contributed by atoms with van der Waals surface area (Å²) in [4.78, 5) is 73.4. The molecule has 3 aromatic carbocycles. The second-order valence-electron chi connectivity index (χ2n) is 17.9. The van der Waals surface area contributed by atoms with Gasteiger partial charge < -0.3 is 44.6 Å². The number of benzene rings is 3. The fourth-order valence-corrected chi connectivity index (χ4v) is 10.3. The van der Waals surface area contributed by atoms with E-state index in [1.54, 1.807) is 0 Å². The van der Waals surface area contributed by atoms with Crippen molar-refractivity contribution >= 4 is 45.8 Å². The number of likely N-dealkylation sites (tertiary alicyclic amines) is 2. The highest BCUT2D eigenvalue weighted by Crippen LogP contribution is 2.55. The Morgan fingerprint density at radius 3 is 2.03 bits per heavy atom. The zero-order valence-electron chi connectivity index (χ0n) is 34.9. The van der Waals surface area contributed by atoms with E-state index in [4.69, 9.17) is 24.2 Å². The van der Waals surface area contributed by atoms with E-state index in [9.17, 15) is 19.2 Å². The maximum atomic E-state index is 14.3. The molecule has 4 amide bonds. The molecule has 5 aromatic rings. The molecular weight excluding hydrogens is 777 g/mol. The number of alkyl carbamates (subject to hydrolysis) is 2. The predicted molar refractivity (Wildman–Crippen MR) is 226 cm³/mol. The Morgan fingerprint density at radius 1 is 0.738 bits per heavy atom. The molecule has 4 N–H and O–H groups in total. The average molecular weight is 829 g/mol. The molecule has 0 radical (unpaired) electrons. The van der Waals surface area contributed by atoms with E-state index in [-0.39, 0.29) is 47.8 Å². The molecule has 10 rings (SSSR count). The Hall–Kier alpha value is -5.96. The van der Waals surface area contributed by atoms with Gasteiger partial charge in [0.15, 0.2) is 0 Å². The van der Waals surface area contributed by atoms with Gasteiger partial charge in [0.1, 0.15) is 23.7 Å². The molecule has 2 saturated carbocycles. The van der Waals surface area contributed by atoms with E-state index in [1.165, 1.54) is 14.2 Å². The summed E-state index contributed by atoms with van der Waals surface area (Å²) in [5.74, 6) is 2.09. The molecule has 2 aromatic heterocycles. The molecule has 0 spiro atoms. The van der Waals surface area contributed by atoms with Crippen molar-refractivity contribution < 1.29 is 33.4 Å². The molecule has 5 aliphatic rings. The van der Waals surface area contributed by atoms with Crippen molar-refractivity contribution in [2.45, 2.75) is 88.6 Å². The second-order valence-corrected chi connectivity index (χ2v) is 17.9. The van der Waals surface area contributed by atoms with Crippen molar-refractivity contribution in [2.75, 3.05) is 27.4 Å². The molecule has 2 unspecified atom stereocenters. The third-order valence-electron chi connectivity index (χ3n) is 13.8. The SMILES string of the molecule is COC(=O)N[C@H](C(=O)N1C2C[C@@H]2C[C@H]1c1nc2ccc(-c3ccc4cc(-c5cnc([C@@H]6C[C@H]7CC7N6C(=O)[C@@H](NC(=O)OC)C6CCOCC6)[nH]5)ccc4c3)cc2[nH]1)C(C)C.